The first kappa shape index (κ1) is 23.1. The molecule has 1 aliphatic heterocycles. The average Bonchev–Trinajstić information content (AvgIpc) is 3.48. The van der Waals surface area contributed by atoms with Gasteiger partial charge in [-0.3, -0.25) is 4.79 Å². The van der Waals surface area contributed by atoms with Gasteiger partial charge >= 0.3 is 0 Å². The summed E-state index contributed by atoms with van der Waals surface area (Å²) in [5, 5.41) is 5.25. The van der Waals surface area contributed by atoms with Crippen LogP contribution in [0.1, 0.15) is 33.9 Å². The summed E-state index contributed by atoms with van der Waals surface area (Å²) in [6.07, 6.45) is 1.36. The van der Waals surface area contributed by atoms with E-state index in [1.165, 1.54) is 15.1 Å². The number of hydrogen-bond donors (Lipinski definition) is 1. The van der Waals surface area contributed by atoms with E-state index in [1.807, 2.05) is 42.5 Å². The van der Waals surface area contributed by atoms with Crippen LogP contribution < -0.4 is 5.32 Å². The number of fused-ring (bicyclic) bond motifs is 2. The van der Waals surface area contributed by atoms with E-state index in [1.54, 1.807) is 22.7 Å². The molecule has 36 heavy (non-hydrogen) atoms. The number of nitrogens with zero attached hydrogens (tertiary/aromatic N) is 2. The number of benzene rings is 3. The van der Waals surface area contributed by atoms with Gasteiger partial charge in [-0.15, -0.1) is 22.7 Å². The second-order valence-corrected chi connectivity index (χ2v) is 11.4. The monoisotopic (exact) mass is 509 g/mol. The summed E-state index contributed by atoms with van der Waals surface area (Å²) in [7, 11) is 2.16. The number of rotatable bonds is 6. The molecule has 0 atom stereocenters. The molecule has 3 heterocycles. The van der Waals surface area contributed by atoms with E-state index >= 15 is 0 Å². The fourth-order valence-corrected chi connectivity index (χ4v) is 7.44. The van der Waals surface area contributed by atoms with Crippen LogP contribution in [0.3, 0.4) is 0 Å². The Morgan fingerprint density at radius 1 is 0.944 bits per heavy atom. The first-order valence-electron chi connectivity index (χ1n) is 12.2. The summed E-state index contributed by atoms with van der Waals surface area (Å²) in [5.41, 5.74) is 5.77. The molecular formula is C30H27N3OS2. The van der Waals surface area contributed by atoms with Crippen molar-refractivity contribution in [1.82, 2.24) is 9.88 Å². The molecule has 0 bridgehead atoms. The third-order valence-electron chi connectivity index (χ3n) is 6.80. The number of thiophene rings is 1. The summed E-state index contributed by atoms with van der Waals surface area (Å²) in [4.78, 5) is 22.2. The Morgan fingerprint density at radius 3 is 2.31 bits per heavy atom. The number of hydrogen-bond acceptors (Lipinski definition) is 5. The molecule has 0 radical (unpaired) electrons. The third kappa shape index (κ3) is 4.60. The van der Waals surface area contributed by atoms with E-state index in [0.29, 0.717) is 6.42 Å². The molecule has 0 fully saturated rings. The quantitative estimate of drug-likeness (QED) is 0.264. The molecule has 3 aromatic carbocycles. The number of amides is 1. The Hall–Kier alpha value is -3.32. The number of anilines is 1. The predicted molar refractivity (Wildman–Crippen MR) is 151 cm³/mol. The lowest BCUT2D eigenvalue weighted by Gasteiger charge is -2.22. The molecule has 0 aliphatic carbocycles. The van der Waals surface area contributed by atoms with Gasteiger partial charge in [0.05, 0.1) is 10.2 Å². The van der Waals surface area contributed by atoms with E-state index < -0.39 is 0 Å². The van der Waals surface area contributed by atoms with Gasteiger partial charge in [-0.2, -0.15) is 0 Å². The molecule has 6 rings (SSSR count). The lowest BCUT2D eigenvalue weighted by atomic mass is 9.88. The Morgan fingerprint density at radius 2 is 1.61 bits per heavy atom. The van der Waals surface area contributed by atoms with Crippen molar-refractivity contribution in [2.75, 3.05) is 18.9 Å². The number of para-hydroxylation sites is 1. The highest BCUT2D eigenvalue weighted by Crippen LogP contribution is 2.45. The van der Waals surface area contributed by atoms with Crippen molar-refractivity contribution >= 4 is 43.8 Å². The Bertz CT molecular complexity index is 1440. The minimum atomic E-state index is -0.000907. The number of likely N-dealkylation sites (N-methyl/N-ethyl adjacent to an activating group) is 1. The van der Waals surface area contributed by atoms with Crippen LogP contribution in [0.25, 0.3) is 20.8 Å². The van der Waals surface area contributed by atoms with Crippen LogP contribution in [-0.2, 0) is 17.8 Å². The summed E-state index contributed by atoms with van der Waals surface area (Å²) in [6.45, 7) is 1.92. The van der Waals surface area contributed by atoms with Crippen LogP contribution in [-0.4, -0.2) is 29.4 Å². The molecule has 6 heteroatoms. The van der Waals surface area contributed by atoms with Crippen LogP contribution in [0, 0.1) is 0 Å². The fourth-order valence-electron chi connectivity index (χ4n) is 4.99. The molecular weight excluding hydrogens is 482 g/mol. The molecule has 0 spiro atoms. The van der Waals surface area contributed by atoms with Crippen molar-refractivity contribution in [3.05, 3.63) is 106 Å². The predicted octanol–water partition coefficient (Wildman–Crippen LogP) is 7.17. The summed E-state index contributed by atoms with van der Waals surface area (Å²) in [6, 6.07) is 28.9. The molecule has 180 valence electrons. The zero-order valence-electron chi connectivity index (χ0n) is 20.1. The minimum absolute atomic E-state index is 0.000907. The normalized spacial score (nSPS) is 13.7. The Balaban J connectivity index is 1.35. The van der Waals surface area contributed by atoms with Crippen molar-refractivity contribution in [2.24, 2.45) is 0 Å². The van der Waals surface area contributed by atoms with Crippen LogP contribution >= 0.6 is 22.7 Å². The lowest BCUT2D eigenvalue weighted by Crippen LogP contribution is -2.25. The Kier molecular flexibility index (Phi) is 6.40. The van der Waals surface area contributed by atoms with Crippen LogP contribution in [0.4, 0.5) is 5.00 Å². The smallest absolute Gasteiger partial charge is 0.225 e. The lowest BCUT2D eigenvalue weighted by molar-refractivity contribution is -0.116. The van der Waals surface area contributed by atoms with E-state index in [9.17, 15) is 4.79 Å². The van der Waals surface area contributed by atoms with Gasteiger partial charge in [0.1, 0.15) is 10.0 Å². The van der Waals surface area contributed by atoms with Gasteiger partial charge in [0, 0.05) is 35.9 Å². The second-order valence-electron chi connectivity index (χ2n) is 9.31. The van der Waals surface area contributed by atoms with Gasteiger partial charge in [0.2, 0.25) is 5.91 Å². The molecule has 1 amide bonds. The topological polar surface area (TPSA) is 45.2 Å². The molecule has 4 nitrogen and oxygen atoms in total. The third-order valence-corrected chi connectivity index (χ3v) is 8.99. The Labute approximate surface area is 219 Å². The van der Waals surface area contributed by atoms with E-state index in [4.69, 9.17) is 4.98 Å². The molecule has 2 aromatic heterocycles. The van der Waals surface area contributed by atoms with Crippen molar-refractivity contribution in [3.8, 4) is 10.6 Å². The highest BCUT2D eigenvalue weighted by Gasteiger charge is 2.27. The molecule has 5 aromatic rings. The minimum Gasteiger partial charge on any atom is -0.317 e. The van der Waals surface area contributed by atoms with Gasteiger partial charge in [-0.05, 0) is 42.3 Å². The highest BCUT2D eigenvalue weighted by molar-refractivity contribution is 7.22. The SMILES string of the molecule is CN1CCc2c(sc(NC(=O)CC(c3ccccc3)c3ccccc3)c2-c2nc3ccccc3s2)C1. The van der Waals surface area contributed by atoms with Gasteiger partial charge in [-0.1, -0.05) is 72.8 Å². The number of nitrogens with one attached hydrogen (secondary N) is 1. The van der Waals surface area contributed by atoms with E-state index in [2.05, 4.69) is 59.7 Å². The van der Waals surface area contributed by atoms with Crippen LogP contribution in [0.15, 0.2) is 84.9 Å². The zero-order chi connectivity index (χ0) is 24.5. The number of carbonyl (C=O) groups is 1. The highest BCUT2D eigenvalue weighted by atomic mass is 32.1. The largest absolute Gasteiger partial charge is 0.317 e. The second kappa shape index (κ2) is 9.97. The molecule has 1 aliphatic rings. The maximum absolute atomic E-state index is 13.6. The van der Waals surface area contributed by atoms with Gasteiger partial charge in [0.25, 0.3) is 0 Å². The molecule has 0 saturated heterocycles. The maximum atomic E-state index is 13.6. The number of thiazole rings is 1. The first-order chi connectivity index (χ1) is 17.7. The zero-order valence-corrected chi connectivity index (χ0v) is 21.7. The van der Waals surface area contributed by atoms with Crippen molar-refractivity contribution < 1.29 is 4.79 Å². The van der Waals surface area contributed by atoms with Crippen molar-refractivity contribution in [2.45, 2.75) is 25.3 Å². The van der Waals surface area contributed by atoms with Crippen LogP contribution in [0.5, 0.6) is 0 Å². The standard InChI is InChI=1S/C30H27N3OS2/c1-33-17-16-22-26(19-33)36-30(28(22)29-31-24-14-8-9-15-25(24)35-29)32-27(34)18-23(20-10-4-2-5-11-20)21-12-6-3-7-13-21/h2-15,23H,16-19H2,1H3,(H,32,34). The van der Waals surface area contributed by atoms with Gasteiger partial charge in [0.15, 0.2) is 0 Å². The summed E-state index contributed by atoms with van der Waals surface area (Å²) >= 11 is 3.42. The van der Waals surface area contributed by atoms with Gasteiger partial charge < -0.3 is 10.2 Å². The van der Waals surface area contributed by atoms with Crippen molar-refractivity contribution in [1.29, 1.82) is 0 Å². The molecule has 0 unspecified atom stereocenters. The average molecular weight is 510 g/mol. The number of carbonyl (C=O) groups excluding carboxylic acids is 1. The van der Waals surface area contributed by atoms with E-state index in [0.717, 1.165) is 51.7 Å². The van der Waals surface area contributed by atoms with Gasteiger partial charge in [-0.25, -0.2) is 4.98 Å². The van der Waals surface area contributed by atoms with E-state index in [-0.39, 0.29) is 11.8 Å². The summed E-state index contributed by atoms with van der Waals surface area (Å²) in [5.74, 6) is 0.0287. The fraction of sp³-hybridized carbons (Fsp3) is 0.200. The van der Waals surface area contributed by atoms with Crippen molar-refractivity contribution in [3.63, 3.8) is 0 Å². The molecule has 1 N–H and O–H groups in total. The number of aromatic nitrogens is 1. The maximum Gasteiger partial charge on any atom is 0.225 e. The van der Waals surface area contributed by atoms with Crippen LogP contribution in [0.2, 0.25) is 0 Å². The summed E-state index contributed by atoms with van der Waals surface area (Å²) < 4.78 is 1.17. The molecule has 0 saturated carbocycles. The first-order valence-corrected chi connectivity index (χ1v) is 13.9.